The highest BCUT2D eigenvalue weighted by molar-refractivity contribution is 7.15. The van der Waals surface area contributed by atoms with Gasteiger partial charge in [-0.15, -0.1) is 11.3 Å². The van der Waals surface area contributed by atoms with Crippen LogP contribution in [0.1, 0.15) is 22.9 Å². The second kappa shape index (κ2) is 6.67. The molecule has 0 saturated heterocycles. The summed E-state index contributed by atoms with van der Waals surface area (Å²) < 4.78 is 4.83. The molecule has 1 aliphatic carbocycles. The van der Waals surface area contributed by atoms with E-state index in [4.69, 9.17) is 9.84 Å². The van der Waals surface area contributed by atoms with E-state index in [0.717, 1.165) is 11.3 Å². The summed E-state index contributed by atoms with van der Waals surface area (Å²) in [6, 6.07) is 0. The average molecular weight is 299 g/mol. The Hall–Kier alpha value is -1.67. The smallest absolute Gasteiger partial charge is 0.312 e. The molecule has 1 aromatic heterocycles. The third-order valence-electron chi connectivity index (χ3n) is 3.04. The molecule has 0 bridgehead atoms. The quantitative estimate of drug-likeness (QED) is 0.631. The van der Waals surface area contributed by atoms with E-state index in [2.05, 4.69) is 15.6 Å². The number of carbonyl (C=O) groups is 2. The van der Waals surface area contributed by atoms with Gasteiger partial charge >= 0.3 is 5.97 Å². The lowest BCUT2D eigenvalue weighted by molar-refractivity contribution is -0.138. The van der Waals surface area contributed by atoms with Crippen molar-refractivity contribution in [2.24, 2.45) is 0 Å². The Morgan fingerprint density at radius 1 is 1.55 bits per heavy atom. The maximum atomic E-state index is 11.5. The summed E-state index contributed by atoms with van der Waals surface area (Å²) in [7, 11) is 1.57. The molecule has 3 N–H and O–H groups in total. The molecule has 0 spiro atoms. The van der Waals surface area contributed by atoms with E-state index >= 15 is 0 Å². The zero-order valence-electron chi connectivity index (χ0n) is 11.1. The van der Waals surface area contributed by atoms with E-state index in [1.807, 2.05) is 0 Å². The van der Waals surface area contributed by atoms with Crippen LogP contribution >= 0.6 is 11.3 Å². The van der Waals surface area contributed by atoms with Gasteiger partial charge in [0.2, 0.25) is 5.91 Å². The van der Waals surface area contributed by atoms with Crippen LogP contribution in [0.25, 0.3) is 0 Å². The monoisotopic (exact) mass is 299 g/mol. The highest BCUT2D eigenvalue weighted by Gasteiger charge is 2.32. The molecule has 1 heterocycles. The van der Waals surface area contributed by atoms with Crippen molar-refractivity contribution in [2.45, 2.75) is 18.8 Å². The number of ether oxygens (including phenoxy) is 1. The van der Waals surface area contributed by atoms with Crippen molar-refractivity contribution in [3.05, 3.63) is 10.6 Å². The second-order valence-electron chi connectivity index (χ2n) is 4.45. The van der Waals surface area contributed by atoms with Crippen LogP contribution in [-0.2, 0) is 20.7 Å². The Bertz CT molecular complexity index is 503. The van der Waals surface area contributed by atoms with Crippen LogP contribution in [-0.4, -0.2) is 48.8 Å². The zero-order chi connectivity index (χ0) is 14.5. The van der Waals surface area contributed by atoms with Gasteiger partial charge in [0.25, 0.3) is 0 Å². The van der Waals surface area contributed by atoms with Crippen molar-refractivity contribution in [3.63, 3.8) is 0 Å². The van der Waals surface area contributed by atoms with Crippen molar-refractivity contribution in [1.82, 2.24) is 10.3 Å². The van der Waals surface area contributed by atoms with E-state index < -0.39 is 11.9 Å². The highest BCUT2D eigenvalue weighted by atomic mass is 32.1. The molecule has 1 unspecified atom stereocenters. The van der Waals surface area contributed by atoms with Crippen molar-refractivity contribution in [3.8, 4) is 0 Å². The van der Waals surface area contributed by atoms with E-state index in [1.165, 1.54) is 11.3 Å². The number of rotatable bonds is 7. The fourth-order valence-electron chi connectivity index (χ4n) is 2.05. The first kappa shape index (κ1) is 14.7. The molecule has 1 atom stereocenters. The zero-order valence-corrected chi connectivity index (χ0v) is 12.0. The van der Waals surface area contributed by atoms with E-state index in [9.17, 15) is 9.59 Å². The molecule has 20 heavy (non-hydrogen) atoms. The molecule has 0 aliphatic heterocycles. The maximum Gasteiger partial charge on any atom is 0.312 e. The maximum absolute atomic E-state index is 11.5. The van der Waals surface area contributed by atoms with Crippen LogP contribution in [0, 0.1) is 0 Å². The van der Waals surface area contributed by atoms with Crippen LogP contribution in [0.2, 0.25) is 0 Å². The van der Waals surface area contributed by atoms with Gasteiger partial charge in [0, 0.05) is 18.5 Å². The van der Waals surface area contributed by atoms with Crippen LogP contribution in [0.15, 0.2) is 0 Å². The summed E-state index contributed by atoms with van der Waals surface area (Å²) >= 11 is 1.42. The van der Waals surface area contributed by atoms with Gasteiger partial charge in [0.15, 0.2) is 5.13 Å². The second-order valence-corrected chi connectivity index (χ2v) is 5.54. The summed E-state index contributed by atoms with van der Waals surface area (Å²) in [5, 5.41) is 15.3. The number of nitrogens with zero attached hydrogens (tertiary/aromatic N) is 1. The molecule has 7 nitrogen and oxygen atoms in total. The number of aliphatic carboxylic acids is 1. The summed E-state index contributed by atoms with van der Waals surface area (Å²) in [6.45, 7) is 1.05. The first-order valence-electron chi connectivity index (χ1n) is 6.33. The Kier molecular flexibility index (Phi) is 4.91. The minimum Gasteiger partial charge on any atom is -0.481 e. The number of carboxylic acid groups (broad SMARTS) is 1. The number of hydrogen-bond acceptors (Lipinski definition) is 6. The lowest BCUT2D eigenvalue weighted by Crippen LogP contribution is -2.32. The first-order valence-corrected chi connectivity index (χ1v) is 7.15. The Balaban J connectivity index is 1.85. The van der Waals surface area contributed by atoms with Crippen LogP contribution in [0.4, 0.5) is 5.13 Å². The lowest BCUT2D eigenvalue weighted by atomic mass is 10.1. The van der Waals surface area contributed by atoms with E-state index in [-0.39, 0.29) is 12.5 Å². The molecule has 0 saturated carbocycles. The van der Waals surface area contributed by atoms with Crippen LogP contribution in [0.5, 0.6) is 0 Å². The number of fused-ring (bicyclic) bond motifs is 1. The van der Waals surface area contributed by atoms with E-state index in [1.54, 1.807) is 7.11 Å². The number of nitrogens with one attached hydrogen (secondary N) is 2. The molecule has 0 aromatic carbocycles. The van der Waals surface area contributed by atoms with Crippen LogP contribution in [0.3, 0.4) is 0 Å². The SMILES string of the molecule is COCCNC(=O)CNc1nc2c(s1)CCC2C(=O)O. The predicted octanol–water partition coefficient (Wildman–Crippen LogP) is 0.432. The number of amides is 1. The third kappa shape index (κ3) is 3.45. The Labute approximate surface area is 120 Å². The summed E-state index contributed by atoms with van der Waals surface area (Å²) in [5.74, 6) is -1.49. The summed E-state index contributed by atoms with van der Waals surface area (Å²) in [5.41, 5.74) is 0.643. The van der Waals surface area contributed by atoms with E-state index in [0.29, 0.717) is 30.4 Å². The van der Waals surface area contributed by atoms with Crippen LogP contribution < -0.4 is 10.6 Å². The highest BCUT2D eigenvalue weighted by Crippen LogP contribution is 2.38. The predicted molar refractivity (Wildman–Crippen MR) is 74.2 cm³/mol. The summed E-state index contributed by atoms with van der Waals surface area (Å²) in [6.07, 6.45) is 1.35. The fourth-order valence-corrected chi connectivity index (χ4v) is 3.09. The van der Waals surface area contributed by atoms with Gasteiger partial charge in [-0.25, -0.2) is 4.98 Å². The molecule has 0 fully saturated rings. The first-order chi connectivity index (χ1) is 9.61. The topological polar surface area (TPSA) is 101 Å². The van der Waals surface area contributed by atoms with Gasteiger partial charge in [-0.05, 0) is 12.8 Å². The fraction of sp³-hybridized carbons (Fsp3) is 0.583. The molecule has 1 aliphatic rings. The number of aryl methyl sites for hydroxylation is 1. The number of aromatic nitrogens is 1. The lowest BCUT2D eigenvalue weighted by Gasteiger charge is -2.05. The molecule has 110 valence electrons. The van der Waals surface area contributed by atoms with Gasteiger partial charge < -0.3 is 20.5 Å². The van der Waals surface area contributed by atoms with Gasteiger partial charge in [-0.3, -0.25) is 9.59 Å². The van der Waals surface area contributed by atoms with Crippen molar-refractivity contribution in [2.75, 3.05) is 32.1 Å². The van der Waals surface area contributed by atoms with Crippen molar-refractivity contribution in [1.29, 1.82) is 0 Å². The van der Waals surface area contributed by atoms with Crippen molar-refractivity contribution < 1.29 is 19.4 Å². The van der Waals surface area contributed by atoms with Gasteiger partial charge in [-0.2, -0.15) is 0 Å². The molecule has 1 aromatic rings. The number of carboxylic acids is 1. The number of anilines is 1. The van der Waals surface area contributed by atoms with Gasteiger partial charge in [0.05, 0.1) is 18.8 Å². The minimum atomic E-state index is -0.835. The third-order valence-corrected chi connectivity index (χ3v) is 4.13. The average Bonchev–Trinajstić information content (AvgIpc) is 2.95. The standard InChI is InChI=1S/C12H17N3O4S/c1-19-5-4-13-9(16)6-14-12-15-10-7(11(17)18)2-3-8(10)20-12/h7H,2-6H2,1H3,(H,13,16)(H,14,15)(H,17,18). The minimum absolute atomic E-state index is 0.119. The normalized spacial score (nSPS) is 16.8. The van der Waals surface area contributed by atoms with Gasteiger partial charge in [-0.1, -0.05) is 0 Å². The molecule has 8 heteroatoms. The summed E-state index contributed by atoms with van der Waals surface area (Å²) in [4.78, 5) is 27.8. The Morgan fingerprint density at radius 3 is 3.05 bits per heavy atom. The van der Waals surface area contributed by atoms with Crippen molar-refractivity contribution >= 4 is 28.3 Å². The molecule has 1 amide bonds. The van der Waals surface area contributed by atoms with Gasteiger partial charge in [0.1, 0.15) is 5.92 Å². The Morgan fingerprint density at radius 2 is 2.35 bits per heavy atom. The molecule has 2 rings (SSSR count). The number of hydrogen-bond donors (Lipinski definition) is 3. The molecule has 0 radical (unpaired) electrons. The largest absolute Gasteiger partial charge is 0.481 e. The number of thiazole rings is 1. The molecular weight excluding hydrogens is 282 g/mol. The molecular formula is C12H17N3O4S. The number of methoxy groups -OCH3 is 1. The number of carbonyl (C=O) groups excluding carboxylic acids is 1.